The number of para-hydroxylation sites is 1. The molecule has 4 rings (SSSR count). The molecule has 0 spiro atoms. The van der Waals surface area contributed by atoms with Crippen LogP contribution in [0, 0.1) is 0 Å². The SMILES string of the molecule is CC(NC(=O)Nc1ccccc1)C(=O)Nc1cccc(-c2nnnn2C2CC2)c1. The van der Waals surface area contributed by atoms with Crippen molar-refractivity contribution in [3.8, 4) is 11.4 Å². The van der Waals surface area contributed by atoms with Crippen molar-refractivity contribution in [2.45, 2.75) is 31.8 Å². The van der Waals surface area contributed by atoms with Gasteiger partial charge in [0.1, 0.15) is 6.04 Å². The fourth-order valence-corrected chi connectivity index (χ4v) is 2.89. The molecule has 1 unspecified atom stereocenters. The van der Waals surface area contributed by atoms with Crippen molar-refractivity contribution in [1.29, 1.82) is 0 Å². The summed E-state index contributed by atoms with van der Waals surface area (Å²) in [6.07, 6.45) is 2.14. The maximum absolute atomic E-state index is 12.5. The van der Waals surface area contributed by atoms with E-state index in [1.165, 1.54) is 0 Å². The molecule has 2 aromatic carbocycles. The third-order valence-electron chi connectivity index (χ3n) is 4.55. The van der Waals surface area contributed by atoms with Crippen molar-refractivity contribution in [2.24, 2.45) is 0 Å². The summed E-state index contributed by atoms with van der Waals surface area (Å²) in [6, 6.07) is 15.5. The summed E-state index contributed by atoms with van der Waals surface area (Å²) in [4.78, 5) is 24.6. The zero-order valence-electron chi connectivity index (χ0n) is 15.9. The molecule has 0 radical (unpaired) electrons. The summed E-state index contributed by atoms with van der Waals surface area (Å²) in [5.41, 5.74) is 2.08. The maximum Gasteiger partial charge on any atom is 0.319 e. The molecule has 1 fully saturated rings. The van der Waals surface area contributed by atoms with E-state index in [0.29, 0.717) is 23.2 Å². The second-order valence-electron chi connectivity index (χ2n) is 6.93. The number of urea groups is 1. The Morgan fingerprint density at radius 3 is 2.55 bits per heavy atom. The first-order valence-corrected chi connectivity index (χ1v) is 9.42. The van der Waals surface area contributed by atoms with Crippen LogP contribution < -0.4 is 16.0 Å². The summed E-state index contributed by atoms with van der Waals surface area (Å²) in [6.45, 7) is 1.62. The van der Waals surface area contributed by atoms with Gasteiger partial charge >= 0.3 is 6.03 Å². The second kappa shape index (κ2) is 8.09. The first kappa shape index (κ1) is 18.6. The molecule has 1 aliphatic rings. The normalized spacial score (nSPS) is 14.1. The van der Waals surface area contributed by atoms with Crippen LogP contribution in [-0.2, 0) is 4.79 Å². The lowest BCUT2D eigenvalue weighted by molar-refractivity contribution is -0.117. The zero-order chi connectivity index (χ0) is 20.2. The highest BCUT2D eigenvalue weighted by Crippen LogP contribution is 2.36. The van der Waals surface area contributed by atoms with Crippen LogP contribution in [0.3, 0.4) is 0 Å². The summed E-state index contributed by atoms with van der Waals surface area (Å²) >= 11 is 0. The lowest BCUT2D eigenvalue weighted by atomic mass is 10.2. The van der Waals surface area contributed by atoms with E-state index in [4.69, 9.17) is 0 Å². The number of anilines is 2. The van der Waals surface area contributed by atoms with Gasteiger partial charge in [-0.2, -0.15) is 0 Å². The van der Waals surface area contributed by atoms with Crippen LogP contribution >= 0.6 is 0 Å². The highest BCUT2D eigenvalue weighted by molar-refractivity contribution is 5.99. The molecule has 1 aromatic heterocycles. The quantitative estimate of drug-likeness (QED) is 0.598. The minimum atomic E-state index is -0.723. The van der Waals surface area contributed by atoms with E-state index in [0.717, 1.165) is 18.4 Å². The van der Waals surface area contributed by atoms with Crippen molar-refractivity contribution < 1.29 is 9.59 Å². The Hall–Kier alpha value is -3.75. The number of hydrogen-bond donors (Lipinski definition) is 3. The number of rotatable bonds is 6. The second-order valence-corrected chi connectivity index (χ2v) is 6.93. The number of benzene rings is 2. The van der Waals surface area contributed by atoms with Gasteiger partial charge in [-0.25, -0.2) is 9.48 Å². The molecular weight excluding hydrogens is 370 g/mol. The number of tetrazole rings is 1. The summed E-state index contributed by atoms with van der Waals surface area (Å²) in [5.74, 6) is 0.351. The third-order valence-corrected chi connectivity index (χ3v) is 4.55. The molecule has 0 saturated heterocycles. The third kappa shape index (κ3) is 4.57. The Bertz CT molecular complexity index is 1010. The van der Waals surface area contributed by atoms with Gasteiger partial charge in [-0.1, -0.05) is 30.3 Å². The first-order chi connectivity index (χ1) is 14.1. The standard InChI is InChI=1S/C20H21N7O2/c1-13(21-20(29)23-15-7-3-2-4-8-15)19(28)22-16-9-5-6-14(12-16)18-24-25-26-27(18)17-10-11-17/h2-9,12-13,17H,10-11H2,1H3,(H,22,28)(H2,21,23,29). The van der Waals surface area contributed by atoms with Gasteiger partial charge in [0.15, 0.2) is 5.82 Å². The molecule has 3 aromatic rings. The van der Waals surface area contributed by atoms with Gasteiger partial charge in [-0.15, -0.1) is 5.10 Å². The van der Waals surface area contributed by atoms with Gasteiger partial charge in [0, 0.05) is 16.9 Å². The number of carbonyl (C=O) groups is 2. The molecule has 148 valence electrons. The van der Waals surface area contributed by atoms with Gasteiger partial charge in [0.25, 0.3) is 0 Å². The molecule has 1 saturated carbocycles. The van der Waals surface area contributed by atoms with Crippen molar-refractivity contribution in [3.05, 3.63) is 54.6 Å². The Labute approximate surface area is 167 Å². The molecule has 9 heteroatoms. The molecule has 1 aliphatic carbocycles. The number of hydrogen-bond acceptors (Lipinski definition) is 5. The Morgan fingerprint density at radius 2 is 1.79 bits per heavy atom. The topological polar surface area (TPSA) is 114 Å². The van der Waals surface area contributed by atoms with Crippen LogP contribution in [0.15, 0.2) is 54.6 Å². The predicted octanol–water partition coefficient (Wildman–Crippen LogP) is 2.82. The lowest BCUT2D eigenvalue weighted by Crippen LogP contribution is -2.43. The molecule has 3 amide bonds. The molecule has 9 nitrogen and oxygen atoms in total. The van der Waals surface area contributed by atoms with Crippen LogP contribution in [0.2, 0.25) is 0 Å². The van der Waals surface area contributed by atoms with E-state index in [9.17, 15) is 9.59 Å². The van der Waals surface area contributed by atoms with Crippen LogP contribution in [0.1, 0.15) is 25.8 Å². The number of amides is 3. The van der Waals surface area contributed by atoms with E-state index in [2.05, 4.69) is 31.5 Å². The van der Waals surface area contributed by atoms with Crippen LogP contribution in [0.5, 0.6) is 0 Å². The van der Waals surface area contributed by atoms with Crippen molar-refractivity contribution in [2.75, 3.05) is 10.6 Å². The lowest BCUT2D eigenvalue weighted by Gasteiger charge is -2.15. The zero-order valence-corrected chi connectivity index (χ0v) is 15.9. The highest BCUT2D eigenvalue weighted by atomic mass is 16.2. The fraction of sp³-hybridized carbons (Fsp3) is 0.250. The minimum absolute atomic E-state index is 0.327. The number of nitrogens with one attached hydrogen (secondary N) is 3. The largest absolute Gasteiger partial charge is 0.326 e. The molecule has 3 N–H and O–H groups in total. The van der Waals surface area contributed by atoms with Gasteiger partial charge in [0.2, 0.25) is 5.91 Å². The van der Waals surface area contributed by atoms with E-state index in [1.54, 1.807) is 25.1 Å². The minimum Gasteiger partial charge on any atom is -0.326 e. The Balaban J connectivity index is 1.38. The van der Waals surface area contributed by atoms with Crippen molar-refractivity contribution in [3.63, 3.8) is 0 Å². The Morgan fingerprint density at radius 1 is 1.03 bits per heavy atom. The van der Waals surface area contributed by atoms with Crippen LogP contribution in [0.4, 0.5) is 16.2 Å². The highest BCUT2D eigenvalue weighted by Gasteiger charge is 2.28. The van der Waals surface area contributed by atoms with E-state index in [1.807, 2.05) is 41.1 Å². The van der Waals surface area contributed by atoms with E-state index in [-0.39, 0.29) is 5.91 Å². The van der Waals surface area contributed by atoms with Gasteiger partial charge in [-0.3, -0.25) is 4.79 Å². The fourth-order valence-electron chi connectivity index (χ4n) is 2.89. The van der Waals surface area contributed by atoms with Crippen LogP contribution in [-0.4, -0.2) is 38.2 Å². The van der Waals surface area contributed by atoms with Crippen molar-refractivity contribution in [1.82, 2.24) is 25.5 Å². The van der Waals surface area contributed by atoms with Gasteiger partial charge in [0.05, 0.1) is 6.04 Å². The summed E-state index contributed by atoms with van der Waals surface area (Å²) < 4.78 is 1.82. The molecular formula is C20H21N7O2. The maximum atomic E-state index is 12.5. The molecule has 0 aliphatic heterocycles. The Kier molecular flexibility index (Phi) is 5.19. The average molecular weight is 391 g/mol. The average Bonchev–Trinajstić information content (AvgIpc) is 3.45. The monoisotopic (exact) mass is 391 g/mol. The predicted molar refractivity (Wildman–Crippen MR) is 108 cm³/mol. The molecule has 29 heavy (non-hydrogen) atoms. The summed E-state index contributed by atoms with van der Waals surface area (Å²) in [5, 5.41) is 20.1. The molecule has 0 bridgehead atoms. The molecule has 1 atom stereocenters. The smallest absolute Gasteiger partial charge is 0.319 e. The number of carbonyl (C=O) groups excluding carboxylic acids is 2. The first-order valence-electron chi connectivity index (χ1n) is 9.42. The van der Waals surface area contributed by atoms with E-state index < -0.39 is 12.1 Å². The molecule has 1 heterocycles. The van der Waals surface area contributed by atoms with Gasteiger partial charge in [-0.05, 0) is 54.5 Å². The van der Waals surface area contributed by atoms with Gasteiger partial charge < -0.3 is 16.0 Å². The van der Waals surface area contributed by atoms with E-state index >= 15 is 0 Å². The van der Waals surface area contributed by atoms with Crippen molar-refractivity contribution >= 4 is 23.3 Å². The number of nitrogens with zero attached hydrogens (tertiary/aromatic N) is 4. The van der Waals surface area contributed by atoms with Crippen LogP contribution in [0.25, 0.3) is 11.4 Å². The number of aromatic nitrogens is 4. The summed E-state index contributed by atoms with van der Waals surface area (Å²) in [7, 11) is 0.